The minimum Gasteiger partial charge on any atom is -0.465 e. The third-order valence-electron chi connectivity index (χ3n) is 5.97. The van der Waals surface area contributed by atoms with Crippen LogP contribution in [-0.2, 0) is 24.9 Å². The summed E-state index contributed by atoms with van der Waals surface area (Å²) in [5.74, 6) is -0.801. The summed E-state index contributed by atoms with van der Waals surface area (Å²) in [5, 5.41) is 2.07. The number of halogens is 1. The lowest BCUT2D eigenvalue weighted by molar-refractivity contribution is 0.0600. The van der Waals surface area contributed by atoms with Gasteiger partial charge in [-0.3, -0.25) is 0 Å². The second kappa shape index (κ2) is 11.8. The van der Waals surface area contributed by atoms with Gasteiger partial charge in [-0.1, -0.05) is 97.4 Å². The van der Waals surface area contributed by atoms with Gasteiger partial charge in [-0.2, -0.15) is 0 Å². The topological polar surface area (TPSA) is 81.7 Å². The number of hydrogen-bond acceptors (Lipinski definition) is 5. The maximum atomic E-state index is 12.9. The van der Waals surface area contributed by atoms with Crippen molar-refractivity contribution in [3.63, 3.8) is 0 Å². The Morgan fingerprint density at radius 2 is 1.50 bits per heavy atom. The zero-order valence-corrected chi connectivity index (χ0v) is 24.4. The van der Waals surface area contributed by atoms with Gasteiger partial charge in [0, 0.05) is 17.6 Å². The first-order chi connectivity index (χ1) is 17.0. The van der Waals surface area contributed by atoms with Gasteiger partial charge in [0.1, 0.15) is 0 Å². The van der Waals surface area contributed by atoms with Crippen molar-refractivity contribution in [2.45, 2.75) is 31.6 Å². The number of rotatable bonds is 10. The standard InChI is InChI=1S/C27H32BrNO5SSi/c1-27(2,3)36(23-11-7-5-8-12-23,24-13-9-6-10-14-24)34-18-17-29-35(31,32)20-22-19-21(26(30)33-4)15-16-25(22)28/h5-16,19,29H,17-18,20H2,1-4H3. The number of nitrogens with one attached hydrogen (secondary N) is 1. The molecule has 0 amide bonds. The van der Waals surface area contributed by atoms with Gasteiger partial charge < -0.3 is 9.16 Å². The average Bonchev–Trinajstić information content (AvgIpc) is 2.85. The van der Waals surface area contributed by atoms with Crippen molar-refractivity contribution in [2.75, 3.05) is 20.3 Å². The zero-order chi connectivity index (χ0) is 26.4. The minimum absolute atomic E-state index is 0.126. The maximum absolute atomic E-state index is 12.9. The first-order valence-corrected chi connectivity index (χ1v) is 15.9. The van der Waals surface area contributed by atoms with E-state index in [1.165, 1.54) is 13.2 Å². The fourth-order valence-corrected chi connectivity index (χ4v) is 10.6. The van der Waals surface area contributed by atoms with Gasteiger partial charge >= 0.3 is 5.97 Å². The van der Waals surface area contributed by atoms with Crippen LogP contribution in [0, 0.1) is 0 Å². The van der Waals surface area contributed by atoms with Crippen molar-refractivity contribution in [1.82, 2.24) is 4.72 Å². The number of sulfonamides is 1. The van der Waals surface area contributed by atoms with E-state index in [1.807, 2.05) is 36.4 Å². The SMILES string of the molecule is COC(=O)c1ccc(Br)c(CS(=O)(=O)NCCO[Si](c2ccccc2)(c2ccccc2)C(C)(C)C)c1. The lowest BCUT2D eigenvalue weighted by Gasteiger charge is -2.43. The van der Waals surface area contributed by atoms with E-state index in [0.717, 1.165) is 10.4 Å². The minimum atomic E-state index is -3.69. The smallest absolute Gasteiger partial charge is 0.337 e. The summed E-state index contributed by atoms with van der Waals surface area (Å²) < 4.78 is 40.5. The zero-order valence-electron chi connectivity index (χ0n) is 21.0. The molecule has 0 bridgehead atoms. The molecule has 1 N–H and O–H groups in total. The molecule has 3 aromatic rings. The lowest BCUT2D eigenvalue weighted by Crippen LogP contribution is -2.67. The fraction of sp³-hybridized carbons (Fsp3) is 0.296. The molecule has 6 nitrogen and oxygen atoms in total. The molecule has 0 aliphatic carbocycles. The molecule has 0 aliphatic rings. The molecule has 0 saturated carbocycles. The first kappa shape index (κ1) is 28.3. The summed E-state index contributed by atoms with van der Waals surface area (Å²) >= 11 is 3.37. The number of methoxy groups -OCH3 is 1. The molecule has 192 valence electrons. The van der Waals surface area contributed by atoms with Crippen LogP contribution in [0.25, 0.3) is 0 Å². The number of hydrogen-bond donors (Lipinski definition) is 1. The summed E-state index contributed by atoms with van der Waals surface area (Å²) in [6.07, 6.45) is 0. The average molecular weight is 591 g/mol. The maximum Gasteiger partial charge on any atom is 0.337 e. The van der Waals surface area contributed by atoms with Gasteiger partial charge in [-0.25, -0.2) is 17.9 Å². The highest BCUT2D eigenvalue weighted by atomic mass is 79.9. The molecule has 0 saturated heterocycles. The molecule has 0 fully saturated rings. The van der Waals surface area contributed by atoms with Crippen LogP contribution < -0.4 is 15.1 Å². The highest BCUT2D eigenvalue weighted by Crippen LogP contribution is 2.36. The highest BCUT2D eigenvalue weighted by Gasteiger charge is 2.50. The molecular formula is C27H32BrNO5SSi. The van der Waals surface area contributed by atoms with Gasteiger partial charge in [-0.15, -0.1) is 0 Å². The summed E-state index contributed by atoms with van der Waals surface area (Å²) in [4.78, 5) is 11.8. The van der Waals surface area contributed by atoms with Crippen molar-refractivity contribution in [3.05, 3.63) is 94.5 Å². The normalized spacial score (nSPS) is 12.4. The summed E-state index contributed by atoms with van der Waals surface area (Å²) in [7, 11) is -5.15. The van der Waals surface area contributed by atoms with Crippen LogP contribution in [0.4, 0.5) is 0 Å². The Kier molecular flexibility index (Phi) is 9.29. The van der Waals surface area contributed by atoms with Gasteiger partial charge in [0.15, 0.2) is 0 Å². The van der Waals surface area contributed by atoms with Crippen LogP contribution >= 0.6 is 15.9 Å². The first-order valence-electron chi connectivity index (χ1n) is 11.6. The Bertz CT molecular complexity index is 1240. The highest BCUT2D eigenvalue weighted by molar-refractivity contribution is 9.10. The predicted molar refractivity (Wildman–Crippen MR) is 150 cm³/mol. The Morgan fingerprint density at radius 1 is 0.944 bits per heavy atom. The summed E-state index contributed by atoms with van der Waals surface area (Å²) in [6, 6.07) is 25.2. The van der Waals surface area contributed by atoms with Crippen molar-refractivity contribution < 1.29 is 22.4 Å². The van der Waals surface area contributed by atoms with Crippen molar-refractivity contribution in [2.24, 2.45) is 0 Å². The second-order valence-corrected chi connectivity index (χ2v) is 16.4. The second-order valence-electron chi connectivity index (χ2n) is 9.46. The molecule has 0 aliphatic heterocycles. The van der Waals surface area contributed by atoms with E-state index >= 15 is 0 Å². The lowest BCUT2D eigenvalue weighted by atomic mass is 10.1. The summed E-state index contributed by atoms with van der Waals surface area (Å²) in [5.41, 5.74) is 0.763. The van der Waals surface area contributed by atoms with Crippen molar-refractivity contribution in [1.29, 1.82) is 0 Å². The van der Waals surface area contributed by atoms with Gasteiger partial charge in [-0.05, 0) is 39.2 Å². The molecule has 3 rings (SSSR count). The molecule has 0 unspecified atom stereocenters. The number of ether oxygens (including phenoxy) is 1. The van der Waals surface area contributed by atoms with E-state index in [1.54, 1.807) is 12.1 Å². The largest absolute Gasteiger partial charge is 0.465 e. The van der Waals surface area contributed by atoms with Gasteiger partial charge in [0.25, 0.3) is 8.32 Å². The van der Waals surface area contributed by atoms with E-state index in [-0.39, 0.29) is 23.9 Å². The van der Waals surface area contributed by atoms with E-state index in [2.05, 4.69) is 65.7 Å². The van der Waals surface area contributed by atoms with Crippen LogP contribution in [0.5, 0.6) is 0 Å². The fourth-order valence-electron chi connectivity index (χ4n) is 4.35. The third kappa shape index (κ3) is 6.52. The van der Waals surface area contributed by atoms with E-state index in [0.29, 0.717) is 15.6 Å². The van der Waals surface area contributed by atoms with Gasteiger partial charge in [0.2, 0.25) is 10.0 Å². The number of esters is 1. The number of carbonyl (C=O) groups excluding carboxylic acids is 1. The number of carbonyl (C=O) groups is 1. The van der Waals surface area contributed by atoms with Crippen LogP contribution in [0.15, 0.2) is 83.3 Å². The van der Waals surface area contributed by atoms with Crippen molar-refractivity contribution in [3.8, 4) is 0 Å². The molecule has 9 heteroatoms. The predicted octanol–water partition coefficient (Wildman–Crippen LogP) is 4.23. The Balaban J connectivity index is 1.79. The van der Waals surface area contributed by atoms with Crippen molar-refractivity contribution >= 4 is 50.6 Å². The van der Waals surface area contributed by atoms with E-state index < -0.39 is 24.3 Å². The number of benzene rings is 3. The molecule has 0 atom stereocenters. The molecular weight excluding hydrogens is 558 g/mol. The van der Waals surface area contributed by atoms with Crippen LogP contribution in [0.3, 0.4) is 0 Å². The Morgan fingerprint density at radius 3 is 2.00 bits per heavy atom. The Hall–Kier alpha value is -2.30. The molecule has 3 aromatic carbocycles. The summed E-state index contributed by atoms with van der Waals surface area (Å²) in [6.45, 7) is 6.87. The molecule has 36 heavy (non-hydrogen) atoms. The Labute approximate surface area is 223 Å². The third-order valence-corrected chi connectivity index (χ3v) is 13.1. The molecule has 0 heterocycles. The van der Waals surface area contributed by atoms with Crippen LogP contribution in [0.2, 0.25) is 5.04 Å². The monoisotopic (exact) mass is 589 g/mol. The van der Waals surface area contributed by atoms with Crippen LogP contribution in [0.1, 0.15) is 36.7 Å². The van der Waals surface area contributed by atoms with E-state index in [9.17, 15) is 13.2 Å². The molecule has 0 spiro atoms. The quantitative estimate of drug-likeness (QED) is 0.217. The van der Waals surface area contributed by atoms with Crippen LogP contribution in [-0.4, -0.2) is 43.0 Å². The molecule has 0 radical (unpaired) electrons. The van der Waals surface area contributed by atoms with E-state index in [4.69, 9.17) is 9.16 Å². The van der Waals surface area contributed by atoms with Gasteiger partial charge in [0.05, 0.1) is 18.4 Å². The molecule has 0 aromatic heterocycles.